The van der Waals surface area contributed by atoms with E-state index in [1.165, 1.54) is 27.9 Å². The van der Waals surface area contributed by atoms with Gasteiger partial charge >= 0.3 is 0 Å². The minimum atomic E-state index is 0.0310. The highest BCUT2D eigenvalue weighted by Gasteiger charge is 2.20. The average molecular weight is 419 g/mol. The summed E-state index contributed by atoms with van der Waals surface area (Å²) in [6.45, 7) is 0. The summed E-state index contributed by atoms with van der Waals surface area (Å²) in [5.74, 6) is 0. The summed E-state index contributed by atoms with van der Waals surface area (Å²) < 4.78 is 2.07. The molecule has 0 aliphatic heterocycles. The van der Waals surface area contributed by atoms with Gasteiger partial charge in [-0.2, -0.15) is 0 Å². The van der Waals surface area contributed by atoms with Crippen molar-refractivity contribution in [3.05, 3.63) is 114 Å². The standard InChI is InChI=1S/C28H26N4/c1-31(2)24-18-16-22(17-19-24)28(32-27-15-9-8-14-26(27)29-30-32)20-23-12-6-7-13-25(23)21-10-4-3-5-11-21/h3-19,28H,20H2,1-2H3. The fourth-order valence-corrected chi connectivity index (χ4v) is 4.26. The number of nitrogens with zero attached hydrogens (tertiary/aromatic N) is 4. The van der Waals surface area contributed by atoms with Crippen LogP contribution < -0.4 is 4.90 Å². The number of benzene rings is 4. The van der Waals surface area contributed by atoms with Crippen LogP contribution in [0.25, 0.3) is 22.2 Å². The first-order valence-electron chi connectivity index (χ1n) is 10.9. The van der Waals surface area contributed by atoms with E-state index in [1.807, 2.05) is 18.2 Å². The summed E-state index contributed by atoms with van der Waals surface area (Å²) in [5.41, 5.74) is 8.14. The monoisotopic (exact) mass is 418 g/mol. The Bertz CT molecular complexity index is 1320. The first-order chi connectivity index (χ1) is 15.7. The first-order valence-corrected chi connectivity index (χ1v) is 10.9. The number of anilines is 1. The van der Waals surface area contributed by atoms with Crippen molar-refractivity contribution in [2.45, 2.75) is 12.5 Å². The Hall–Kier alpha value is -3.92. The van der Waals surface area contributed by atoms with E-state index in [1.54, 1.807) is 0 Å². The molecule has 0 radical (unpaired) electrons. The van der Waals surface area contributed by atoms with Crippen molar-refractivity contribution in [3.63, 3.8) is 0 Å². The van der Waals surface area contributed by atoms with Crippen molar-refractivity contribution in [2.24, 2.45) is 0 Å². The number of rotatable bonds is 6. The molecular weight excluding hydrogens is 392 g/mol. The van der Waals surface area contributed by atoms with E-state index < -0.39 is 0 Å². The highest BCUT2D eigenvalue weighted by Crippen LogP contribution is 2.31. The first kappa shape index (κ1) is 20.0. The third-order valence-corrected chi connectivity index (χ3v) is 5.98. The van der Waals surface area contributed by atoms with Gasteiger partial charge in [0.1, 0.15) is 5.52 Å². The van der Waals surface area contributed by atoms with E-state index >= 15 is 0 Å². The summed E-state index contributed by atoms with van der Waals surface area (Å²) in [7, 11) is 4.13. The lowest BCUT2D eigenvalue weighted by molar-refractivity contribution is 0.519. The molecule has 0 fully saturated rings. The average Bonchev–Trinajstić information content (AvgIpc) is 3.27. The van der Waals surface area contributed by atoms with Crippen molar-refractivity contribution in [1.82, 2.24) is 15.0 Å². The number of aromatic nitrogens is 3. The predicted octanol–water partition coefficient (Wildman–Crippen LogP) is 6.00. The van der Waals surface area contributed by atoms with E-state index in [0.717, 1.165) is 17.5 Å². The zero-order chi connectivity index (χ0) is 21.9. The van der Waals surface area contributed by atoms with Crippen LogP contribution in [0.3, 0.4) is 0 Å². The summed E-state index contributed by atoms with van der Waals surface area (Å²) in [6.07, 6.45) is 0.819. The largest absolute Gasteiger partial charge is 0.378 e. The summed E-state index contributed by atoms with van der Waals surface area (Å²) >= 11 is 0. The lowest BCUT2D eigenvalue weighted by Gasteiger charge is -2.22. The van der Waals surface area contributed by atoms with Crippen molar-refractivity contribution in [1.29, 1.82) is 0 Å². The van der Waals surface area contributed by atoms with Gasteiger partial charge < -0.3 is 4.90 Å². The Morgan fingerprint density at radius 3 is 2.22 bits per heavy atom. The lowest BCUT2D eigenvalue weighted by Crippen LogP contribution is -2.16. The van der Waals surface area contributed by atoms with Gasteiger partial charge in [0.15, 0.2) is 0 Å². The van der Waals surface area contributed by atoms with Crippen LogP contribution >= 0.6 is 0 Å². The Labute approximate surface area is 188 Å². The number of hydrogen-bond acceptors (Lipinski definition) is 3. The van der Waals surface area contributed by atoms with E-state index in [4.69, 9.17) is 0 Å². The van der Waals surface area contributed by atoms with Crippen LogP contribution in [0.5, 0.6) is 0 Å². The molecule has 32 heavy (non-hydrogen) atoms. The molecule has 0 aliphatic carbocycles. The topological polar surface area (TPSA) is 34.0 Å². The van der Waals surface area contributed by atoms with E-state index in [0.29, 0.717) is 0 Å². The number of fused-ring (bicyclic) bond motifs is 1. The highest BCUT2D eigenvalue weighted by atomic mass is 15.4. The Morgan fingerprint density at radius 2 is 1.44 bits per heavy atom. The second-order valence-corrected chi connectivity index (χ2v) is 8.25. The van der Waals surface area contributed by atoms with E-state index in [2.05, 4.69) is 119 Å². The van der Waals surface area contributed by atoms with Crippen LogP contribution in [-0.4, -0.2) is 29.1 Å². The van der Waals surface area contributed by atoms with Gasteiger partial charge in [0.05, 0.1) is 11.6 Å². The molecule has 158 valence electrons. The molecule has 4 nitrogen and oxygen atoms in total. The zero-order valence-corrected chi connectivity index (χ0v) is 18.4. The van der Waals surface area contributed by atoms with Gasteiger partial charge in [0.25, 0.3) is 0 Å². The van der Waals surface area contributed by atoms with Crippen LogP contribution in [0.1, 0.15) is 17.2 Å². The lowest BCUT2D eigenvalue weighted by atomic mass is 9.92. The molecular formula is C28H26N4. The van der Waals surface area contributed by atoms with Crippen molar-refractivity contribution < 1.29 is 0 Å². The molecule has 1 aromatic heterocycles. The van der Waals surface area contributed by atoms with Crippen LogP contribution in [0, 0.1) is 0 Å². The number of hydrogen-bond donors (Lipinski definition) is 0. The molecule has 4 heteroatoms. The molecule has 1 heterocycles. The molecule has 0 spiro atoms. The SMILES string of the molecule is CN(C)c1ccc(C(Cc2ccccc2-c2ccccc2)n2nnc3ccccc32)cc1. The highest BCUT2D eigenvalue weighted by molar-refractivity contribution is 5.74. The third kappa shape index (κ3) is 3.87. The Morgan fingerprint density at radius 1 is 0.750 bits per heavy atom. The van der Waals surface area contributed by atoms with Gasteiger partial charge in [-0.1, -0.05) is 84.1 Å². The molecule has 1 atom stereocenters. The maximum Gasteiger partial charge on any atom is 0.113 e. The third-order valence-electron chi connectivity index (χ3n) is 5.98. The van der Waals surface area contributed by atoms with Gasteiger partial charge in [0.2, 0.25) is 0 Å². The quantitative estimate of drug-likeness (QED) is 0.339. The normalized spacial score (nSPS) is 12.1. The molecule has 4 aromatic carbocycles. The van der Waals surface area contributed by atoms with Crippen LogP contribution in [0.4, 0.5) is 5.69 Å². The maximum atomic E-state index is 4.58. The number of para-hydroxylation sites is 1. The minimum Gasteiger partial charge on any atom is -0.378 e. The summed E-state index contributed by atoms with van der Waals surface area (Å²) in [6, 6.07) is 36.2. The fourth-order valence-electron chi connectivity index (χ4n) is 4.26. The fraction of sp³-hybridized carbons (Fsp3) is 0.143. The van der Waals surface area contributed by atoms with E-state index in [9.17, 15) is 0 Å². The maximum absolute atomic E-state index is 4.58. The second kappa shape index (κ2) is 8.67. The van der Waals surface area contributed by atoms with Crippen molar-refractivity contribution in [2.75, 3.05) is 19.0 Å². The molecule has 5 rings (SSSR count). The van der Waals surface area contributed by atoms with Crippen LogP contribution in [0.2, 0.25) is 0 Å². The molecule has 0 saturated carbocycles. The smallest absolute Gasteiger partial charge is 0.113 e. The van der Waals surface area contributed by atoms with Gasteiger partial charge in [-0.05, 0) is 52.9 Å². The van der Waals surface area contributed by atoms with Crippen molar-refractivity contribution in [3.8, 4) is 11.1 Å². The molecule has 0 aliphatic rings. The second-order valence-electron chi connectivity index (χ2n) is 8.25. The van der Waals surface area contributed by atoms with Gasteiger partial charge in [0, 0.05) is 19.8 Å². The molecule has 0 amide bonds. The zero-order valence-electron chi connectivity index (χ0n) is 18.4. The van der Waals surface area contributed by atoms with E-state index in [-0.39, 0.29) is 6.04 Å². The Kier molecular flexibility index (Phi) is 5.42. The van der Waals surface area contributed by atoms with Crippen LogP contribution in [-0.2, 0) is 6.42 Å². The Balaban J connectivity index is 1.62. The minimum absolute atomic E-state index is 0.0310. The van der Waals surface area contributed by atoms with Gasteiger partial charge in [-0.25, -0.2) is 4.68 Å². The molecule has 0 saturated heterocycles. The molecule has 0 bridgehead atoms. The predicted molar refractivity (Wildman–Crippen MR) is 132 cm³/mol. The molecule has 0 N–H and O–H groups in total. The van der Waals surface area contributed by atoms with Crippen molar-refractivity contribution >= 4 is 16.7 Å². The van der Waals surface area contributed by atoms with Gasteiger partial charge in [-0.3, -0.25) is 0 Å². The molecule has 5 aromatic rings. The van der Waals surface area contributed by atoms with Crippen LogP contribution in [0.15, 0.2) is 103 Å². The van der Waals surface area contributed by atoms with Gasteiger partial charge in [-0.15, -0.1) is 5.10 Å². The summed E-state index contributed by atoms with van der Waals surface area (Å²) in [5, 5.41) is 9.02. The molecule has 1 unspecified atom stereocenters. The summed E-state index contributed by atoms with van der Waals surface area (Å²) in [4.78, 5) is 2.12.